The smallest absolute Gasteiger partial charge is 0.239 e. The van der Waals surface area contributed by atoms with Crippen molar-refractivity contribution in [2.24, 2.45) is 5.92 Å². The van der Waals surface area contributed by atoms with Gasteiger partial charge in [-0.3, -0.25) is 9.59 Å². The van der Waals surface area contributed by atoms with Crippen molar-refractivity contribution in [3.63, 3.8) is 0 Å². The van der Waals surface area contributed by atoms with Crippen molar-refractivity contribution in [2.75, 3.05) is 19.7 Å². The van der Waals surface area contributed by atoms with E-state index >= 15 is 0 Å². The third-order valence-corrected chi connectivity index (χ3v) is 4.20. The molecule has 0 saturated heterocycles. The van der Waals surface area contributed by atoms with Gasteiger partial charge in [-0.1, -0.05) is 48.5 Å². The maximum absolute atomic E-state index is 11.9. The lowest BCUT2D eigenvalue weighted by Gasteiger charge is -2.25. The van der Waals surface area contributed by atoms with Gasteiger partial charge in [0.15, 0.2) is 0 Å². The molecular weight excluding hydrogens is 316 g/mol. The van der Waals surface area contributed by atoms with E-state index in [1.807, 2.05) is 54.6 Å². The molecule has 2 N–H and O–H groups in total. The van der Waals surface area contributed by atoms with E-state index in [1.165, 1.54) is 5.56 Å². The molecule has 130 valence electrons. The van der Waals surface area contributed by atoms with Gasteiger partial charge in [0, 0.05) is 12.5 Å². The van der Waals surface area contributed by atoms with E-state index in [0.717, 1.165) is 17.7 Å². The number of fused-ring (bicyclic) bond motifs is 1. The Hall–Kier alpha value is -2.82. The first-order chi connectivity index (χ1) is 12.2. The minimum Gasteiger partial charge on any atom is -0.493 e. The first-order valence-corrected chi connectivity index (χ1v) is 8.49. The Balaban J connectivity index is 1.37. The maximum atomic E-state index is 11.9. The zero-order valence-corrected chi connectivity index (χ0v) is 14.0. The van der Waals surface area contributed by atoms with Gasteiger partial charge < -0.3 is 15.4 Å². The van der Waals surface area contributed by atoms with Crippen LogP contribution in [-0.4, -0.2) is 31.5 Å². The van der Waals surface area contributed by atoms with Crippen molar-refractivity contribution in [3.05, 3.63) is 65.7 Å². The molecular formula is C20H22N2O3. The summed E-state index contributed by atoms with van der Waals surface area (Å²) >= 11 is 0. The van der Waals surface area contributed by atoms with Crippen LogP contribution in [0.25, 0.3) is 0 Å². The van der Waals surface area contributed by atoms with E-state index in [4.69, 9.17) is 4.74 Å². The Morgan fingerprint density at radius 3 is 2.56 bits per heavy atom. The van der Waals surface area contributed by atoms with Crippen molar-refractivity contribution < 1.29 is 14.3 Å². The summed E-state index contributed by atoms with van der Waals surface area (Å²) in [6.07, 6.45) is 1.16. The second-order valence-corrected chi connectivity index (χ2v) is 6.23. The molecule has 1 aliphatic rings. The van der Waals surface area contributed by atoms with Crippen LogP contribution >= 0.6 is 0 Å². The van der Waals surface area contributed by atoms with Crippen molar-refractivity contribution in [1.29, 1.82) is 0 Å². The van der Waals surface area contributed by atoms with E-state index in [1.54, 1.807) is 0 Å². The Labute approximate surface area is 147 Å². The zero-order valence-electron chi connectivity index (χ0n) is 14.0. The number of amides is 2. The SMILES string of the molecule is O=C(CNC(=O)Cc1ccccc1)NCC1COc2ccccc2C1. The fourth-order valence-electron chi connectivity index (χ4n) is 2.87. The molecule has 1 unspecified atom stereocenters. The number of carbonyl (C=O) groups excluding carboxylic acids is 2. The van der Waals surface area contributed by atoms with Crippen LogP contribution in [0.1, 0.15) is 11.1 Å². The molecule has 2 aromatic rings. The molecule has 0 bridgehead atoms. The van der Waals surface area contributed by atoms with Gasteiger partial charge in [0.25, 0.3) is 0 Å². The standard InChI is InChI=1S/C20H22N2O3/c23-19(11-15-6-2-1-3-7-15)22-13-20(24)21-12-16-10-17-8-4-5-9-18(17)25-14-16/h1-9,16H,10-14H2,(H,21,24)(H,22,23). The fraction of sp³-hybridized carbons (Fsp3) is 0.300. The molecule has 5 nitrogen and oxygen atoms in total. The second-order valence-electron chi connectivity index (χ2n) is 6.23. The van der Waals surface area contributed by atoms with Crippen molar-refractivity contribution in [1.82, 2.24) is 10.6 Å². The summed E-state index contributed by atoms with van der Waals surface area (Å²) in [5.41, 5.74) is 2.10. The minimum atomic E-state index is -0.180. The molecule has 0 saturated carbocycles. The van der Waals surface area contributed by atoms with E-state index in [2.05, 4.69) is 10.6 Å². The molecule has 0 aliphatic carbocycles. The van der Waals surface area contributed by atoms with Crippen LogP contribution in [0.4, 0.5) is 0 Å². The third-order valence-electron chi connectivity index (χ3n) is 4.20. The molecule has 0 fully saturated rings. The predicted octanol–water partition coefficient (Wildman–Crippen LogP) is 1.71. The van der Waals surface area contributed by atoms with Gasteiger partial charge in [-0.15, -0.1) is 0 Å². The summed E-state index contributed by atoms with van der Waals surface area (Å²) in [5, 5.41) is 5.52. The summed E-state index contributed by atoms with van der Waals surface area (Å²) in [7, 11) is 0. The summed E-state index contributed by atoms with van der Waals surface area (Å²) in [4.78, 5) is 23.8. The van der Waals surface area contributed by atoms with Gasteiger partial charge in [-0.05, 0) is 23.6 Å². The first-order valence-electron chi connectivity index (χ1n) is 8.49. The average molecular weight is 338 g/mol. The normalized spacial score (nSPS) is 15.6. The van der Waals surface area contributed by atoms with Crippen LogP contribution in [-0.2, 0) is 22.4 Å². The van der Waals surface area contributed by atoms with Crippen LogP contribution in [0.15, 0.2) is 54.6 Å². The number of nitrogens with one attached hydrogen (secondary N) is 2. The zero-order chi connectivity index (χ0) is 17.5. The number of ether oxygens (including phenoxy) is 1. The van der Waals surface area contributed by atoms with Gasteiger partial charge >= 0.3 is 0 Å². The number of rotatable bonds is 6. The van der Waals surface area contributed by atoms with Gasteiger partial charge in [0.2, 0.25) is 11.8 Å². The van der Waals surface area contributed by atoms with Crippen molar-refractivity contribution in [2.45, 2.75) is 12.8 Å². The molecule has 1 atom stereocenters. The molecule has 1 aliphatic heterocycles. The van der Waals surface area contributed by atoms with Gasteiger partial charge in [0.1, 0.15) is 5.75 Å². The maximum Gasteiger partial charge on any atom is 0.239 e. The lowest BCUT2D eigenvalue weighted by molar-refractivity contribution is -0.125. The predicted molar refractivity (Wildman–Crippen MR) is 95.3 cm³/mol. The second kappa shape index (κ2) is 8.33. The number of para-hydroxylation sites is 1. The molecule has 5 heteroatoms. The fourth-order valence-corrected chi connectivity index (χ4v) is 2.87. The van der Waals surface area contributed by atoms with Crippen molar-refractivity contribution in [3.8, 4) is 5.75 Å². The summed E-state index contributed by atoms with van der Waals surface area (Å²) in [6.45, 7) is 1.13. The van der Waals surface area contributed by atoms with Crippen LogP contribution in [0.5, 0.6) is 5.75 Å². The first kappa shape index (κ1) is 17.0. The molecule has 2 amide bonds. The molecule has 0 spiro atoms. The van der Waals surface area contributed by atoms with Gasteiger partial charge in [-0.25, -0.2) is 0 Å². The Kier molecular flexibility index (Phi) is 5.67. The van der Waals surface area contributed by atoms with Gasteiger partial charge in [-0.2, -0.15) is 0 Å². The summed E-state index contributed by atoms with van der Waals surface area (Å²) < 4.78 is 5.71. The number of carbonyl (C=O) groups is 2. The van der Waals surface area contributed by atoms with Crippen LogP contribution in [0.3, 0.4) is 0 Å². The minimum absolute atomic E-state index is 0.00414. The topological polar surface area (TPSA) is 67.4 Å². The Morgan fingerprint density at radius 1 is 0.960 bits per heavy atom. The molecule has 25 heavy (non-hydrogen) atoms. The highest BCUT2D eigenvalue weighted by atomic mass is 16.5. The van der Waals surface area contributed by atoms with Crippen molar-refractivity contribution >= 4 is 11.8 Å². The number of hydrogen-bond donors (Lipinski definition) is 2. The number of hydrogen-bond acceptors (Lipinski definition) is 3. The molecule has 0 radical (unpaired) electrons. The lowest BCUT2D eigenvalue weighted by atomic mass is 9.97. The monoisotopic (exact) mass is 338 g/mol. The van der Waals surface area contributed by atoms with E-state index in [0.29, 0.717) is 13.2 Å². The van der Waals surface area contributed by atoms with Crippen LogP contribution in [0, 0.1) is 5.92 Å². The number of benzene rings is 2. The van der Waals surface area contributed by atoms with E-state index < -0.39 is 0 Å². The average Bonchev–Trinajstić information content (AvgIpc) is 2.65. The Bertz CT molecular complexity index is 731. The van der Waals surface area contributed by atoms with E-state index in [9.17, 15) is 9.59 Å². The summed E-state index contributed by atoms with van der Waals surface area (Å²) in [6, 6.07) is 17.4. The van der Waals surface area contributed by atoms with Crippen LogP contribution < -0.4 is 15.4 Å². The largest absolute Gasteiger partial charge is 0.493 e. The molecule has 1 heterocycles. The quantitative estimate of drug-likeness (QED) is 0.843. The van der Waals surface area contributed by atoms with E-state index in [-0.39, 0.29) is 30.7 Å². The van der Waals surface area contributed by atoms with Gasteiger partial charge in [0.05, 0.1) is 19.6 Å². The highest BCUT2D eigenvalue weighted by Crippen LogP contribution is 2.26. The molecule has 2 aromatic carbocycles. The highest BCUT2D eigenvalue weighted by molar-refractivity contribution is 5.85. The lowest BCUT2D eigenvalue weighted by Crippen LogP contribution is -2.41. The molecule has 3 rings (SSSR count). The molecule has 0 aromatic heterocycles. The highest BCUT2D eigenvalue weighted by Gasteiger charge is 2.20. The van der Waals surface area contributed by atoms with Crippen LogP contribution in [0.2, 0.25) is 0 Å². The summed E-state index contributed by atoms with van der Waals surface area (Å²) in [5.74, 6) is 0.841. The third kappa shape index (κ3) is 5.08. The Morgan fingerprint density at radius 2 is 1.72 bits per heavy atom.